The van der Waals surface area contributed by atoms with E-state index in [0.29, 0.717) is 31.5 Å². The number of hydrogen-bond acceptors (Lipinski definition) is 5. The molecule has 0 radical (unpaired) electrons. The summed E-state index contributed by atoms with van der Waals surface area (Å²) in [7, 11) is -2.75. The second-order valence-electron chi connectivity index (χ2n) is 10.9. The fourth-order valence-electron chi connectivity index (χ4n) is 5.16. The average Bonchev–Trinajstić information content (AvgIpc) is 3.00. The molecule has 1 saturated carbocycles. The molecule has 1 fully saturated rings. The van der Waals surface area contributed by atoms with Gasteiger partial charge in [-0.2, -0.15) is 0 Å². The largest absolute Gasteiger partial charge is 0.496 e. The Morgan fingerprint density at radius 1 is 1.00 bits per heavy atom. The molecular formula is C32H36BrCl2N3O5S. The molecule has 0 spiro atoms. The molecule has 12 heteroatoms. The highest BCUT2D eigenvalue weighted by atomic mass is 79.9. The van der Waals surface area contributed by atoms with E-state index in [9.17, 15) is 18.0 Å². The Morgan fingerprint density at radius 3 is 2.30 bits per heavy atom. The topological polar surface area (TPSA) is 96.0 Å². The highest BCUT2D eigenvalue weighted by molar-refractivity contribution is 9.10. The van der Waals surface area contributed by atoms with Crippen LogP contribution < -0.4 is 14.4 Å². The lowest BCUT2D eigenvalue weighted by atomic mass is 9.95. The lowest BCUT2D eigenvalue weighted by Gasteiger charge is -2.33. The van der Waals surface area contributed by atoms with Crippen molar-refractivity contribution in [2.24, 2.45) is 0 Å². The van der Waals surface area contributed by atoms with Gasteiger partial charge in [-0.1, -0.05) is 66.2 Å². The second kappa shape index (κ2) is 15.0. The predicted octanol–water partition coefficient (Wildman–Crippen LogP) is 7.13. The normalized spacial score (nSPS) is 14.5. The molecule has 1 unspecified atom stereocenters. The molecule has 3 aromatic carbocycles. The Balaban J connectivity index is 1.70. The van der Waals surface area contributed by atoms with E-state index in [1.807, 2.05) is 6.92 Å². The summed E-state index contributed by atoms with van der Waals surface area (Å²) in [6, 6.07) is 15.4. The van der Waals surface area contributed by atoms with Crippen LogP contribution in [0.3, 0.4) is 0 Å². The van der Waals surface area contributed by atoms with E-state index in [2.05, 4.69) is 21.2 Å². The van der Waals surface area contributed by atoms with Crippen LogP contribution in [-0.2, 0) is 26.2 Å². The van der Waals surface area contributed by atoms with E-state index in [1.165, 1.54) is 24.1 Å². The molecular weight excluding hydrogens is 689 g/mol. The number of ether oxygens (including phenoxy) is 1. The molecule has 1 atom stereocenters. The summed E-state index contributed by atoms with van der Waals surface area (Å²) in [5.41, 5.74) is 1.89. The molecule has 0 saturated heterocycles. The Morgan fingerprint density at radius 2 is 1.68 bits per heavy atom. The molecule has 0 aliphatic heterocycles. The number of nitrogens with zero attached hydrogens (tertiary/aromatic N) is 2. The maximum atomic E-state index is 14.2. The van der Waals surface area contributed by atoms with Crippen molar-refractivity contribution in [3.8, 4) is 5.75 Å². The van der Waals surface area contributed by atoms with Crippen LogP contribution in [0, 0.1) is 6.92 Å². The fourth-order valence-corrected chi connectivity index (χ4v) is 7.61. The Bertz CT molecular complexity index is 1600. The van der Waals surface area contributed by atoms with Crippen molar-refractivity contribution in [1.29, 1.82) is 0 Å². The smallest absolute Gasteiger partial charge is 0.264 e. The Kier molecular flexibility index (Phi) is 11.6. The van der Waals surface area contributed by atoms with Gasteiger partial charge in [0, 0.05) is 12.6 Å². The van der Waals surface area contributed by atoms with Crippen LogP contribution in [0.5, 0.6) is 5.75 Å². The number of sulfonamides is 1. The van der Waals surface area contributed by atoms with Crippen molar-refractivity contribution in [3.05, 3.63) is 86.3 Å². The summed E-state index contributed by atoms with van der Waals surface area (Å²) in [6.45, 7) is 3.01. The summed E-state index contributed by atoms with van der Waals surface area (Å²) in [5, 5.41) is 3.77. The van der Waals surface area contributed by atoms with Crippen molar-refractivity contribution in [2.45, 2.75) is 69.5 Å². The highest BCUT2D eigenvalue weighted by Crippen LogP contribution is 2.31. The molecule has 0 heterocycles. The van der Waals surface area contributed by atoms with Crippen molar-refractivity contribution in [1.82, 2.24) is 10.2 Å². The summed E-state index contributed by atoms with van der Waals surface area (Å²) >= 11 is 15.8. The first-order valence-corrected chi connectivity index (χ1v) is 17.4. The molecule has 0 aromatic heterocycles. The van der Waals surface area contributed by atoms with Gasteiger partial charge in [0.2, 0.25) is 11.8 Å². The third-order valence-corrected chi connectivity index (χ3v) is 10.9. The number of amides is 2. The zero-order valence-corrected chi connectivity index (χ0v) is 28.8. The first-order chi connectivity index (χ1) is 20.9. The maximum absolute atomic E-state index is 14.2. The van der Waals surface area contributed by atoms with Gasteiger partial charge in [-0.15, -0.1) is 0 Å². The van der Waals surface area contributed by atoms with Crippen LogP contribution in [0.4, 0.5) is 5.69 Å². The Labute approximate surface area is 277 Å². The SMILES string of the molecule is COc1ccc(S(=O)(=O)N(CC(=O)N(Cc2ccc(Cl)c(Cl)c2)C(C)C(=O)NC2CCCCC2)c2ccc(C)cc2)cc1Br. The second-order valence-corrected chi connectivity index (χ2v) is 14.5. The van der Waals surface area contributed by atoms with Crippen LogP contribution in [0.2, 0.25) is 10.0 Å². The van der Waals surface area contributed by atoms with Gasteiger partial charge in [0.25, 0.3) is 10.0 Å². The van der Waals surface area contributed by atoms with E-state index >= 15 is 0 Å². The first kappa shape index (κ1) is 34.1. The molecule has 8 nitrogen and oxygen atoms in total. The molecule has 236 valence electrons. The highest BCUT2D eigenvalue weighted by Gasteiger charge is 2.33. The quantitative estimate of drug-likeness (QED) is 0.227. The van der Waals surface area contributed by atoms with E-state index in [0.717, 1.165) is 42.0 Å². The van der Waals surface area contributed by atoms with Crippen LogP contribution in [0.25, 0.3) is 0 Å². The number of nitrogens with one attached hydrogen (secondary N) is 1. The predicted molar refractivity (Wildman–Crippen MR) is 178 cm³/mol. The molecule has 44 heavy (non-hydrogen) atoms. The third kappa shape index (κ3) is 8.27. The standard InChI is InChI=1S/C32H36BrCl2N3O5S/c1-21-9-12-25(13-10-21)38(44(41,42)26-14-16-30(43-3)27(33)18-26)20-31(39)37(19-23-11-15-28(34)29(35)17-23)22(2)32(40)36-24-7-5-4-6-8-24/h9-18,22,24H,4-8,19-20H2,1-3H3,(H,36,40). The number of methoxy groups -OCH3 is 1. The van der Waals surface area contributed by atoms with Crippen molar-refractivity contribution < 1.29 is 22.7 Å². The molecule has 4 rings (SSSR count). The van der Waals surface area contributed by atoms with Gasteiger partial charge in [0.1, 0.15) is 18.3 Å². The molecule has 1 aliphatic rings. The van der Waals surface area contributed by atoms with Gasteiger partial charge in [-0.25, -0.2) is 8.42 Å². The van der Waals surface area contributed by atoms with E-state index in [-0.39, 0.29) is 23.4 Å². The van der Waals surface area contributed by atoms with Crippen LogP contribution in [0.1, 0.15) is 50.2 Å². The van der Waals surface area contributed by atoms with Crippen LogP contribution in [0.15, 0.2) is 70.0 Å². The number of hydrogen-bond donors (Lipinski definition) is 1. The number of aryl methyl sites for hydroxylation is 1. The van der Waals surface area contributed by atoms with E-state index in [4.69, 9.17) is 27.9 Å². The summed E-state index contributed by atoms with van der Waals surface area (Å²) in [5.74, 6) is -0.388. The van der Waals surface area contributed by atoms with Gasteiger partial charge in [-0.05, 0) is 90.6 Å². The lowest BCUT2D eigenvalue weighted by molar-refractivity contribution is -0.139. The lowest BCUT2D eigenvalue weighted by Crippen LogP contribution is -2.53. The minimum atomic E-state index is -4.24. The van der Waals surface area contributed by atoms with Gasteiger partial charge in [-0.3, -0.25) is 13.9 Å². The molecule has 1 N–H and O–H groups in total. The van der Waals surface area contributed by atoms with E-state index < -0.39 is 28.5 Å². The number of anilines is 1. The molecule has 0 bridgehead atoms. The van der Waals surface area contributed by atoms with Crippen molar-refractivity contribution in [3.63, 3.8) is 0 Å². The minimum Gasteiger partial charge on any atom is -0.496 e. The van der Waals surface area contributed by atoms with Crippen LogP contribution >= 0.6 is 39.1 Å². The van der Waals surface area contributed by atoms with Crippen LogP contribution in [-0.4, -0.2) is 50.9 Å². The number of carbonyl (C=O) groups excluding carboxylic acids is 2. The number of rotatable bonds is 11. The monoisotopic (exact) mass is 723 g/mol. The molecule has 3 aromatic rings. The zero-order valence-electron chi connectivity index (χ0n) is 24.9. The maximum Gasteiger partial charge on any atom is 0.264 e. The first-order valence-electron chi connectivity index (χ1n) is 14.4. The molecule has 1 aliphatic carbocycles. The molecule has 2 amide bonds. The Hall–Kier alpha value is -2.79. The fraction of sp³-hybridized carbons (Fsp3) is 0.375. The van der Waals surface area contributed by atoms with Gasteiger partial charge >= 0.3 is 0 Å². The number of benzene rings is 3. The van der Waals surface area contributed by atoms with Crippen molar-refractivity contribution in [2.75, 3.05) is 18.0 Å². The summed E-state index contributed by atoms with van der Waals surface area (Å²) in [4.78, 5) is 29.0. The number of carbonyl (C=O) groups is 2. The number of halogens is 3. The summed E-state index contributed by atoms with van der Waals surface area (Å²) in [6.07, 6.45) is 4.98. The van der Waals surface area contributed by atoms with Crippen molar-refractivity contribution >= 4 is 66.7 Å². The van der Waals surface area contributed by atoms with E-state index in [1.54, 1.807) is 55.5 Å². The average molecular weight is 726 g/mol. The van der Waals surface area contributed by atoms with Gasteiger partial charge in [0.05, 0.1) is 32.2 Å². The zero-order chi connectivity index (χ0) is 32.0. The van der Waals surface area contributed by atoms with Gasteiger partial charge in [0.15, 0.2) is 0 Å². The summed E-state index contributed by atoms with van der Waals surface area (Å²) < 4.78 is 35.0. The minimum absolute atomic E-state index is 0.0187. The third-order valence-electron chi connectivity index (χ3n) is 7.77. The van der Waals surface area contributed by atoms with Gasteiger partial charge < -0.3 is 15.0 Å².